The molecule has 1 N–H and O–H groups in total. The fraction of sp³-hybridized carbons (Fsp3) is 0.0833. The van der Waals surface area contributed by atoms with Crippen LogP contribution < -0.4 is 9.61 Å². The molecule has 5 aromatic carbocycles. The minimum Gasteiger partial charge on any atom is -0.450 e. The van der Waals surface area contributed by atoms with E-state index in [2.05, 4.69) is 78.7 Å². The fourth-order valence-electron chi connectivity index (χ4n) is 3.98. The van der Waals surface area contributed by atoms with Crippen molar-refractivity contribution < 1.29 is 4.52 Å². The first-order valence-electron chi connectivity index (χ1n) is 9.48. The van der Waals surface area contributed by atoms with E-state index in [1.807, 2.05) is 12.1 Å². The number of benzene rings is 5. The van der Waals surface area contributed by atoms with Crippen molar-refractivity contribution in [3.63, 3.8) is 0 Å². The normalized spacial score (nSPS) is 12.6. The zero-order valence-corrected chi connectivity index (χ0v) is 17.3. The topological polar surface area (TPSA) is 21.3 Å². The highest BCUT2D eigenvalue weighted by molar-refractivity contribution is 8.03. The molecule has 1 atom stereocenters. The van der Waals surface area contributed by atoms with Crippen LogP contribution in [0.2, 0.25) is 0 Å². The minimum atomic E-state index is -1.66. The van der Waals surface area contributed by atoms with Gasteiger partial charge in [-0.25, -0.2) is 0 Å². The minimum absolute atomic E-state index is 0.858. The number of hydrogen-bond acceptors (Lipinski definition) is 2. The standard InChI is InChI=1S/C24H20NOPS/c1-2-16-6-3-4-9-21(16)25-27(28)26-22-15-13-19-11-10-17-7-5-8-18-12-14-20(22)24(19)23(17)18/h3-15,27H,2H2,1H3,(H,25,28). The van der Waals surface area contributed by atoms with E-state index in [1.54, 1.807) is 0 Å². The molecule has 0 aliphatic heterocycles. The average molecular weight is 401 g/mol. The van der Waals surface area contributed by atoms with Gasteiger partial charge in [0.05, 0.1) is 0 Å². The number of nitrogens with one attached hydrogen (secondary N) is 1. The predicted molar refractivity (Wildman–Crippen MR) is 126 cm³/mol. The summed E-state index contributed by atoms with van der Waals surface area (Å²) in [6.45, 7) is 2.15. The quantitative estimate of drug-likeness (QED) is 0.250. The lowest BCUT2D eigenvalue weighted by Crippen LogP contribution is -1.96. The summed E-state index contributed by atoms with van der Waals surface area (Å²) >= 11 is 5.69. The van der Waals surface area contributed by atoms with Crippen LogP contribution in [0.25, 0.3) is 32.3 Å². The van der Waals surface area contributed by atoms with Crippen LogP contribution in [0, 0.1) is 0 Å². The van der Waals surface area contributed by atoms with Gasteiger partial charge >= 0.3 is 0 Å². The van der Waals surface area contributed by atoms with Crippen molar-refractivity contribution in [3.8, 4) is 5.75 Å². The van der Waals surface area contributed by atoms with Gasteiger partial charge in [0.1, 0.15) is 5.75 Å². The van der Waals surface area contributed by atoms with Crippen molar-refractivity contribution in [2.75, 3.05) is 5.09 Å². The van der Waals surface area contributed by atoms with Crippen LogP contribution >= 0.6 is 7.07 Å². The summed E-state index contributed by atoms with van der Waals surface area (Å²) in [6.07, 6.45) is 0.965. The highest BCUT2D eigenvalue weighted by Crippen LogP contribution is 2.41. The van der Waals surface area contributed by atoms with Gasteiger partial charge in [-0.2, -0.15) is 0 Å². The van der Waals surface area contributed by atoms with Crippen molar-refractivity contribution >= 4 is 56.9 Å². The number of rotatable bonds is 5. The largest absolute Gasteiger partial charge is 0.450 e. The van der Waals surface area contributed by atoms with Gasteiger partial charge in [-0.1, -0.05) is 67.6 Å². The molecule has 1 unspecified atom stereocenters. The van der Waals surface area contributed by atoms with Gasteiger partial charge < -0.3 is 9.61 Å². The van der Waals surface area contributed by atoms with E-state index in [0.717, 1.165) is 23.2 Å². The van der Waals surface area contributed by atoms with E-state index in [9.17, 15) is 0 Å². The molecule has 0 saturated carbocycles. The Balaban J connectivity index is 1.56. The Bertz CT molecular complexity index is 1310. The lowest BCUT2D eigenvalue weighted by atomic mass is 9.94. The molecular formula is C24H20NOPS. The lowest BCUT2D eigenvalue weighted by molar-refractivity contribution is 0.641. The highest BCUT2D eigenvalue weighted by Gasteiger charge is 2.12. The molecule has 0 aliphatic rings. The van der Waals surface area contributed by atoms with Gasteiger partial charge in [0.15, 0.2) is 7.07 Å². The first kappa shape index (κ1) is 17.5. The molecule has 138 valence electrons. The molecule has 2 nitrogen and oxygen atoms in total. The summed E-state index contributed by atoms with van der Waals surface area (Å²) in [5.74, 6) is 0.858. The third kappa shape index (κ3) is 2.92. The SMILES string of the molecule is CCc1ccccc1N[PH](=S)Oc1ccc2ccc3cccc4ccc1c2c34. The Kier molecular flexibility index (Phi) is 4.43. The van der Waals surface area contributed by atoms with Crippen LogP contribution in [0.3, 0.4) is 0 Å². The Morgan fingerprint density at radius 3 is 2.25 bits per heavy atom. The monoisotopic (exact) mass is 401 g/mol. The third-order valence-corrected chi connectivity index (χ3v) is 6.76. The molecule has 0 aromatic heterocycles. The smallest absolute Gasteiger partial charge is 0.190 e. The molecule has 0 radical (unpaired) electrons. The summed E-state index contributed by atoms with van der Waals surface area (Å²) in [7, 11) is -1.66. The summed E-state index contributed by atoms with van der Waals surface area (Å²) in [4.78, 5) is 0. The van der Waals surface area contributed by atoms with Gasteiger partial charge in [0.2, 0.25) is 0 Å². The molecule has 0 fully saturated rings. The predicted octanol–water partition coefficient (Wildman–Crippen LogP) is 7.14. The lowest BCUT2D eigenvalue weighted by Gasteiger charge is -2.17. The second-order valence-corrected chi connectivity index (χ2v) is 9.09. The molecule has 5 rings (SSSR count). The van der Waals surface area contributed by atoms with Crippen LogP contribution in [0.5, 0.6) is 5.75 Å². The van der Waals surface area contributed by atoms with Gasteiger partial charge in [0.25, 0.3) is 0 Å². The van der Waals surface area contributed by atoms with E-state index < -0.39 is 7.07 Å². The first-order chi connectivity index (χ1) is 13.7. The second-order valence-electron chi connectivity index (χ2n) is 6.94. The maximum Gasteiger partial charge on any atom is 0.190 e. The molecule has 28 heavy (non-hydrogen) atoms. The van der Waals surface area contributed by atoms with Crippen LogP contribution in [0.15, 0.2) is 78.9 Å². The molecule has 0 amide bonds. The summed E-state index contributed by atoms with van der Waals surface area (Å²) in [5, 5.41) is 10.9. The molecular weight excluding hydrogens is 381 g/mol. The van der Waals surface area contributed by atoms with E-state index in [1.165, 1.54) is 32.5 Å². The van der Waals surface area contributed by atoms with Crippen molar-refractivity contribution in [1.82, 2.24) is 0 Å². The summed E-state index contributed by atoms with van der Waals surface area (Å²) in [5.41, 5.74) is 2.33. The van der Waals surface area contributed by atoms with Crippen molar-refractivity contribution in [1.29, 1.82) is 0 Å². The van der Waals surface area contributed by atoms with Crippen molar-refractivity contribution in [3.05, 3.63) is 84.4 Å². The van der Waals surface area contributed by atoms with Crippen molar-refractivity contribution in [2.24, 2.45) is 0 Å². The molecule has 0 aliphatic carbocycles. The number of anilines is 1. The number of para-hydroxylation sites is 1. The molecule has 4 heteroatoms. The second kappa shape index (κ2) is 7.09. The maximum absolute atomic E-state index is 6.28. The molecule has 5 aromatic rings. The molecule has 0 saturated heterocycles. The Morgan fingerprint density at radius 1 is 0.786 bits per heavy atom. The van der Waals surface area contributed by atoms with Crippen molar-refractivity contribution in [2.45, 2.75) is 13.3 Å². The Morgan fingerprint density at radius 2 is 1.46 bits per heavy atom. The number of hydrogen-bond donors (Lipinski definition) is 1. The summed E-state index contributed by atoms with van der Waals surface area (Å²) in [6, 6.07) is 27.6. The van der Waals surface area contributed by atoms with Gasteiger partial charge in [-0.3, -0.25) is 0 Å². The van der Waals surface area contributed by atoms with Crippen LogP contribution in [-0.4, -0.2) is 0 Å². The first-order valence-corrected chi connectivity index (χ1v) is 12.0. The average Bonchev–Trinajstić information content (AvgIpc) is 2.73. The fourth-order valence-corrected chi connectivity index (χ4v) is 5.48. The zero-order valence-electron chi connectivity index (χ0n) is 15.5. The maximum atomic E-state index is 6.28. The van der Waals surface area contributed by atoms with Gasteiger partial charge in [-0.15, -0.1) is 0 Å². The highest BCUT2D eigenvalue weighted by atomic mass is 32.4. The van der Waals surface area contributed by atoms with E-state index in [4.69, 9.17) is 16.3 Å². The van der Waals surface area contributed by atoms with Gasteiger partial charge in [0, 0.05) is 16.5 Å². The molecule has 0 heterocycles. The zero-order chi connectivity index (χ0) is 19.1. The van der Waals surface area contributed by atoms with E-state index >= 15 is 0 Å². The van der Waals surface area contributed by atoms with Crippen LogP contribution in [0.1, 0.15) is 12.5 Å². The van der Waals surface area contributed by atoms with E-state index in [-0.39, 0.29) is 0 Å². The Labute approximate surface area is 170 Å². The van der Waals surface area contributed by atoms with E-state index in [0.29, 0.717) is 0 Å². The molecule has 0 bridgehead atoms. The van der Waals surface area contributed by atoms with Crippen LogP contribution in [0.4, 0.5) is 5.69 Å². The number of aryl methyl sites for hydroxylation is 1. The van der Waals surface area contributed by atoms with Crippen LogP contribution in [-0.2, 0) is 18.2 Å². The summed E-state index contributed by atoms with van der Waals surface area (Å²) < 4.78 is 6.28. The third-order valence-electron chi connectivity index (χ3n) is 5.33. The molecule has 0 spiro atoms. The Hall–Kier alpha value is -2.61. The van der Waals surface area contributed by atoms with Gasteiger partial charge in [-0.05, 0) is 63.5 Å².